The Hall–Kier alpha value is -1.42. The van der Waals surface area contributed by atoms with Gasteiger partial charge in [0.25, 0.3) is 0 Å². The highest BCUT2D eigenvalue weighted by molar-refractivity contribution is 6.30. The van der Waals surface area contributed by atoms with Gasteiger partial charge in [-0.15, -0.1) is 5.10 Å². The highest BCUT2D eigenvalue weighted by atomic mass is 35.5. The largest absolute Gasteiger partial charge is 0.368 e. The first kappa shape index (κ1) is 10.7. The lowest BCUT2D eigenvalue weighted by atomic mass is 10.3. The first-order valence-electron chi connectivity index (χ1n) is 4.11. The summed E-state index contributed by atoms with van der Waals surface area (Å²) < 4.78 is 0. The Morgan fingerprint density at radius 2 is 2.21 bits per heavy atom. The molecular formula is C9H13ClN4. The predicted molar refractivity (Wildman–Crippen MR) is 60.4 cm³/mol. The van der Waals surface area contributed by atoms with Gasteiger partial charge in [-0.05, 0) is 18.2 Å². The summed E-state index contributed by atoms with van der Waals surface area (Å²) in [5.74, 6) is 0.407. The molecule has 0 fully saturated rings. The van der Waals surface area contributed by atoms with Gasteiger partial charge in [0.15, 0.2) is 0 Å². The number of nitrogens with one attached hydrogen (secondary N) is 1. The third-order valence-corrected chi connectivity index (χ3v) is 1.82. The van der Waals surface area contributed by atoms with Crippen LogP contribution in [-0.4, -0.2) is 25.0 Å². The Kier molecular flexibility index (Phi) is 3.59. The van der Waals surface area contributed by atoms with Crippen molar-refractivity contribution in [2.24, 2.45) is 10.8 Å². The molecule has 0 unspecified atom stereocenters. The van der Waals surface area contributed by atoms with E-state index in [1.54, 1.807) is 17.0 Å². The molecule has 0 amide bonds. The van der Waals surface area contributed by atoms with Crippen molar-refractivity contribution in [3.05, 3.63) is 29.3 Å². The van der Waals surface area contributed by atoms with Gasteiger partial charge in [-0.3, -0.25) is 5.43 Å². The molecule has 0 spiro atoms. The third-order valence-electron chi connectivity index (χ3n) is 1.58. The van der Waals surface area contributed by atoms with Gasteiger partial charge >= 0.3 is 0 Å². The number of rotatable bonds is 2. The van der Waals surface area contributed by atoms with E-state index in [4.69, 9.17) is 17.3 Å². The smallest absolute Gasteiger partial charge is 0.213 e. The van der Waals surface area contributed by atoms with Gasteiger partial charge in [-0.1, -0.05) is 17.7 Å². The predicted octanol–water partition coefficient (Wildman–Crippen LogP) is 1.54. The quantitative estimate of drug-likeness (QED) is 0.444. The Bertz CT molecular complexity index is 335. The Balaban J connectivity index is 2.66. The lowest BCUT2D eigenvalue weighted by Gasteiger charge is -2.10. The molecule has 5 heteroatoms. The van der Waals surface area contributed by atoms with E-state index >= 15 is 0 Å². The zero-order valence-electron chi connectivity index (χ0n) is 8.16. The van der Waals surface area contributed by atoms with Crippen LogP contribution in [-0.2, 0) is 0 Å². The summed E-state index contributed by atoms with van der Waals surface area (Å²) in [7, 11) is 3.64. The van der Waals surface area contributed by atoms with Crippen LogP contribution in [0.2, 0.25) is 5.02 Å². The summed E-state index contributed by atoms with van der Waals surface area (Å²) in [5, 5.41) is 4.61. The van der Waals surface area contributed by atoms with Gasteiger partial charge in [0.05, 0.1) is 5.69 Å². The van der Waals surface area contributed by atoms with Crippen LogP contribution in [0.15, 0.2) is 29.4 Å². The second-order valence-electron chi connectivity index (χ2n) is 2.99. The van der Waals surface area contributed by atoms with Gasteiger partial charge in [-0.25, -0.2) is 0 Å². The number of benzene rings is 1. The first-order chi connectivity index (χ1) is 6.59. The number of guanidine groups is 1. The molecule has 0 heterocycles. The van der Waals surface area contributed by atoms with Crippen molar-refractivity contribution in [3.8, 4) is 0 Å². The van der Waals surface area contributed by atoms with Crippen molar-refractivity contribution in [3.63, 3.8) is 0 Å². The zero-order valence-corrected chi connectivity index (χ0v) is 8.92. The highest BCUT2D eigenvalue weighted by Gasteiger charge is 1.94. The molecule has 1 aromatic carbocycles. The van der Waals surface area contributed by atoms with E-state index in [0.29, 0.717) is 11.0 Å². The molecular weight excluding hydrogens is 200 g/mol. The molecule has 0 aromatic heterocycles. The maximum absolute atomic E-state index is 5.79. The Morgan fingerprint density at radius 1 is 1.50 bits per heavy atom. The minimum Gasteiger partial charge on any atom is -0.368 e. The number of hydrogen-bond acceptors (Lipinski definition) is 2. The lowest BCUT2D eigenvalue weighted by molar-refractivity contribution is 0.613. The third kappa shape index (κ3) is 3.14. The zero-order chi connectivity index (χ0) is 10.6. The van der Waals surface area contributed by atoms with Crippen LogP contribution in [0.4, 0.5) is 5.69 Å². The summed E-state index contributed by atoms with van der Waals surface area (Å²) in [4.78, 5) is 1.71. The Labute approximate surface area is 88.3 Å². The standard InChI is InChI=1S/C9H13ClN4/c1-14(2)9(11)13-12-8-5-3-4-7(10)6-8/h3-6,12H,1-2H3,(H2,11,13). The minimum atomic E-state index is 0.407. The molecule has 0 atom stereocenters. The van der Waals surface area contributed by atoms with Crippen molar-refractivity contribution in [2.45, 2.75) is 0 Å². The summed E-state index contributed by atoms with van der Waals surface area (Å²) >= 11 is 5.79. The molecule has 0 aliphatic heterocycles. The number of anilines is 1. The Morgan fingerprint density at radius 3 is 2.79 bits per heavy atom. The van der Waals surface area contributed by atoms with E-state index in [1.165, 1.54) is 0 Å². The van der Waals surface area contributed by atoms with E-state index in [9.17, 15) is 0 Å². The minimum absolute atomic E-state index is 0.407. The van der Waals surface area contributed by atoms with E-state index in [0.717, 1.165) is 5.69 Å². The number of hydrazone groups is 1. The van der Waals surface area contributed by atoms with Gasteiger partial charge in [0.2, 0.25) is 5.96 Å². The van der Waals surface area contributed by atoms with Crippen molar-refractivity contribution in [1.29, 1.82) is 0 Å². The molecule has 0 aliphatic rings. The van der Waals surface area contributed by atoms with E-state index in [1.807, 2.05) is 26.2 Å². The molecule has 1 rings (SSSR count). The molecule has 76 valence electrons. The van der Waals surface area contributed by atoms with E-state index in [2.05, 4.69) is 10.5 Å². The molecule has 0 saturated carbocycles. The normalized spacial score (nSPS) is 11.2. The molecule has 0 radical (unpaired) electrons. The van der Waals surface area contributed by atoms with Crippen molar-refractivity contribution in [2.75, 3.05) is 19.5 Å². The van der Waals surface area contributed by atoms with Crippen LogP contribution in [0.5, 0.6) is 0 Å². The molecule has 0 saturated heterocycles. The molecule has 4 nitrogen and oxygen atoms in total. The molecule has 0 bridgehead atoms. The van der Waals surface area contributed by atoms with E-state index in [-0.39, 0.29) is 0 Å². The van der Waals surface area contributed by atoms with Crippen LogP contribution in [0.25, 0.3) is 0 Å². The fourth-order valence-electron chi connectivity index (χ4n) is 0.780. The van der Waals surface area contributed by atoms with Gasteiger partial charge in [0, 0.05) is 19.1 Å². The average molecular weight is 213 g/mol. The highest BCUT2D eigenvalue weighted by Crippen LogP contribution is 2.14. The monoisotopic (exact) mass is 212 g/mol. The second kappa shape index (κ2) is 4.72. The molecule has 1 aromatic rings. The molecule has 3 N–H and O–H groups in total. The van der Waals surface area contributed by atoms with Crippen LogP contribution in [0.1, 0.15) is 0 Å². The first-order valence-corrected chi connectivity index (χ1v) is 4.49. The van der Waals surface area contributed by atoms with Crippen LogP contribution >= 0.6 is 11.6 Å². The summed E-state index contributed by atoms with van der Waals surface area (Å²) in [6, 6.07) is 7.27. The van der Waals surface area contributed by atoms with Crippen molar-refractivity contribution >= 4 is 23.2 Å². The molecule has 0 aliphatic carbocycles. The summed E-state index contributed by atoms with van der Waals surface area (Å²) in [5.41, 5.74) is 9.19. The number of nitrogens with zero attached hydrogens (tertiary/aromatic N) is 2. The maximum Gasteiger partial charge on any atom is 0.213 e. The van der Waals surface area contributed by atoms with Gasteiger partial charge in [-0.2, -0.15) is 0 Å². The molecule has 14 heavy (non-hydrogen) atoms. The number of nitrogens with two attached hydrogens (primary N) is 1. The van der Waals surface area contributed by atoms with Crippen LogP contribution < -0.4 is 11.2 Å². The average Bonchev–Trinajstić information content (AvgIpc) is 2.14. The fourth-order valence-corrected chi connectivity index (χ4v) is 0.970. The van der Waals surface area contributed by atoms with Gasteiger partial charge < -0.3 is 10.6 Å². The maximum atomic E-state index is 5.79. The number of hydrogen-bond donors (Lipinski definition) is 2. The summed E-state index contributed by atoms with van der Waals surface area (Å²) in [6.45, 7) is 0. The van der Waals surface area contributed by atoms with Crippen molar-refractivity contribution < 1.29 is 0 Å². The fraction of sp³-hybridized carbons (Fsp3) is 0.222. The summed E-state index contributed by atoms with van der Waals surface area (Å²) in [6.07, 6.45) is 0. The van der Waals surface area contributed by atoms with E-state index < -0.39 is 0 Å². The van der Waals surface area contributed by atoms with Gasteiger partial charge in [0.1, 0.15) is 0 Å². The van der Waals surface area contributed by atoms with Crippen LogP contribution in [0, 0.1) is 0 Å². The SMILES string of the molecule is CN(C)/C(N)=N/Nc1cccc(Cl)c1. The topological polar surface area (TPSA) is 53.6 Å². The second-order valence-corrected chi connectivity index (χ2v) is 3.42. The number of halogens is 1. The van der Waals surface area contributed by atoms with Crippen molar-refractivity contribution in [1.82, 2.24) is 4.90 Å². The lowest BCUT2D eigenvalue weighted by Crippen LogP contribution is -2.31. The van der Waals surface area contributed by atoms with Crippen LogP contribution in [0.3, 0.4) is 0 Å².